The SMILES string of the molecule is [NH-]CCC1[CH-]C=CCC1.[Y]. The predicted octanol–water partition coefficient (Wildman–Crippen LogP) is 2.60. The number of nitrogens with one attached hydrogen (secondary N) is 1. The second-order valence-corrected chi connectivity index (χ2v) is 2.50. The van der Waals surface area contributed by atoms with Crippen LogP contribution in [-0.4, -0.2) is 6.54 Å². The maximum Gasteiger partial charge on any atom is 0 e. The molecule has 1 radical (unpaired) electrons. The first-order valence-corrected chi connectivity index (χ1v) is 3.58. The summed E-state index contributed by atoms with van der Waals surface area (Å²) < 4.78 is 0. The van der Waals surface area contributed by atoms with Gasteiger partial charge >= 0.3 is 0 Å². The average Bonchev–Trinajstić information content (AvgIpc) is 1.91. The van der Waals surface area contributed by atoms with Gasteiger partial charge in [0.25, 0.3) is 0 Å². The van der Waals surface area contributed by atoms with E-state index in [4.69, 9.17) is 5.73 Å². The molecule has 1 rings (SSSR count). The molecule has 0 fully saturated rings. The van der Waals surface area contributed by atoms with Crippen LogP contribution in [0.15, 0.2) is 12.2 Å². The van der Waals surface area contributed by atoms with Crippen molar-refractivity contribution in [3.05, 3.63) is 24.3 Å². The van der Waals surface area contributed by atoms with Gasteiger partial charge in [-0.15, -0.1) is 6.42 Å². The zero-order valence-corrected chi connectivity index (χ0v) is 9.05. The third kappa shape index (κ3) is 3.75. The third-order valence-corrected chi connectivity index (χ3v) is 1.74. The summed E-state index contributed by atoms with van der Waals surface area (Å²) in [4.78, 5) is 0. The van der Waals surface area contributed by atoms with E-state index in [9.17, 15) is 0 Å². The normalized spacial score (nSPS) is 23.1. The molecule has 1 aliphatic carbocycles. The molecule has 0 bridgehead atoms. The Hall–Kier alpha value is 0.674. The van der Waals surface area contributed by atoms with Crippen molar-refractivity contribution in [3.8, 4) is 0 Å². The molecule has 10 heavy (non-hydrogen) atoms. The molecule has 0 saturated carbocycles. The molecule has 1 aliphatic rings. The summed E-state index contributed by atoms with van der Waals surface area (Å²) in [5, 5.41) is 0. The molecular weight excluding hydrogens is 199 g/mol. The number of hydrogen-bond acceptors (Lipinski definition) is 0. The van der Waals surface area contributed by atoms with E-state index >= 15 is 0 Å². The molecule has 1 unspecified atom stereocenters. The van der Waals surface area contributed by atoms with E-state index in [0.29, 0.717) is 12.5 Å². The van der Waals surface area contributed by atoms with Gasteiger partial charge in [-0.05, 0) is 0 Å². The van der Waals surface area contributed by atoms with E-state index in [2.05, 4.69) is 18.6 Å². The fourth-order valence-corrected chi connectivity index (χ4v) is 1.16. The minimum absolute atomic E-state index is 0. The van der Waals surface area contributed by atoms with Crippen molar-refractivity contribution < 1.29 is 32.7 Å². The van der Waals surface area contributed by atoms with Crippen LogP contribution in [0.4, 0.5) is 0 Å². The van der Waals surface area contributed by atoms with Gasteiger partial charge in [-0.3, -0.25) is 0 Å². The summed E-state index contributed by atoms with van der Waals surface area (Å²) in [5.74, 6) is 0.701. The monoisotopic (exact) mass is 212 g/mol. The summed E-state index contributed by atoms with van der Waals surface area (Å²) in [7, 11) is 0. The molecule has 0 amide bonds. The van der Waals surface area contributed by atoms with Gasteiger partial charge in [0.15, 0.2) is 0 Å². The minimum atomic E-state index is 0. The van der Waals surface area contributed by atoms with Crippen molar-refractivity contribution in [2.24, 2.45) is 5.92 Å². The summed E-state index contributed by atoms with van der Waals surface area (Å²) >= 11 is 0. The van der Waals surface area contributed by atoms with Gasteiger partial charge < -0.3 is 5.73 Å². The van der Waals surface area contributed by atoms with Crippen molar-refractivity contribution >= 4 is 0 Å². The molecular formula is C8H13NY-2. The largest absolute Gasteiger partial charge is 0.677 e. The van der Waals surface area contributed by atoms with Gasteiger partial charge in [-0.1, -0.05) is 18.8 Å². The Morgan fingerprint density at radius 1 is 1.60 bits per heavy atom. The zero-order valence-electron chi connectivity index (χ0n) is 6.22. The predicted molar refractivity (Wildman–Crippen MR) is 40.0 cm³/mol. The van der Waals surface area contributed by atoms with Crippen LogP contribution in [0.5, 0.6) is 0 Å². The van der Waals surface area contributed by atoms with Crippen LogP contribution < -0.4 is 0 Å². The topological polar surface area (TPSA) is 23.8 Å². The molecule has 0 aromatic rings. The van der Waals surface area contributed by atoms with Crippen LogP contribution >= 0.6 is 0 Å². The fraction of sp³-hybridized carbons (Fsp3) is 0.625. The fourth-order valence-electron chi connectivity index (χ4n) is 1.16. The van der Waals surface area contributed by atoms with Crippen molar-refractivity contribution in [2.75, 3.05) is 6.54 Å². The van der Waals surface area contributed by atoms with Crippen molar-refractivity contribution in [3.63, 3.8) is 0 Å². The van der Waals surface area contributed by atoms with Crippen molar-refractivity contribution in [1.82, 2.24) is 0 Å². The van der Waals surface area contributed by atoms with E-state index in [-0.39, 0.29) is 32.7 Å². The average molecular weight is 212 g/mol. The molecule has 0 aliphatic heterocycles. The Balaban J connectivity index is 0.000000810. The van der Waals surface area contributed by atoms with Crippen LogP contribution in [0.1, 0.15) is 19.3 Å². The molecule has 0 aromatic carbocycles. The molecule has 0 aromatic heterocycles. The molecule has 1 nitrogen and oxygen atoms in total. The van der Waals surface area contributed by atoms with Gasteiger partial charge in [0.05, 0.1) is 0 Å². The Bertz CT molecular complexity index is 101. The molecule has 55 valence electrons. The standard InChI is InChI=1S/C8H13N.Y/c9-7-6-8-4-2-1-3-5-8;/h1-2,4,8-9H,3,5-7H2;/q-2;. The van der Waals surface area contributed by atoms with Crippen LogP contribution in [0.3, 0.4) is 0 Å². The molecule has 2 heteroatoms. The Morgan fingerprint density at radius 2 is 2.40 bits per heavy atom. The summed E-state index contributed by atoms with van der Waals surface area (Å²) in [6, 6.07) is 0. The Labute approximate surface area is 88.3 Å². The van der Waals surface area contributed by atoms with Crippen LogP contribution in [0.25, 0.3) is 5.73 Å². The first kappa shape index (κ1) is 10.7. The van der Waals surface area contributed by atoms with E-state index in [1.54, 1.807) is 0 Å². The van der Waals surface area contributed by atoms with Gasteiger partial charge in [0, 0.05) is 32.7 Å². The van der Waals surface area contributed by atoms with Gasteiger partial charge in [0.1, 0.15) is 0 Å². The summed E-state index contributed by atoms with van der Waals surface area (Å²) in [5.41, 5.74) is 6.99. The molecule has 0 saturated heterocycles. The number of rotatable bonds is 2. The van der Waals surface area contributed by atoms with Crippen LogP contribution in [-0.2, 0) is 32.7 Å². The maximum absolute atomic E-state index is 6.99. The van der Waals surface area contributed by atoms with Gasteiger partial charge in [-0.2, -0.15) is 6.54 Å². The first-order valence-electron chi connectivity index (χ1n) is 3.58. The molecule has 0 spiro atoms. The van der Waals surface area contributed by atoms with Gasteiger partial charge in [-0.25, -0.2) is 18.6 Å². The molecule has 0 heterocycles. The number of allylic oxidation sites excluding steroid dienone is 2. The van der Waals surface area contributed by atoms with Crippen molar-refractivity contribution in [1.29, 1.82) is 0 Å². The quantitative estimate of drug-likeness (QED) is 0.628. The van der Waals surface area contributed by atoms with Crippen LogP contribution in [0.2, 0.25) is 0 Å². The smallest absolute Gasteiger partial charge is 0 e. The zero-order chi connectivity index (χ0) is 6.53. The van der Waals surface area contributed by atoms with E-state index in [1.165, 1.54) is 12.8 Å². The Kier molecular flexibility index (Phi) is 6.82. The number of hydrogen-bond donors (Lipinski definition) is 0. The van der Waals surface area contributed by atoms with E-state index in [0.717, 1.165) is 6.42 Å². The Morgan fingerprint density at radius 3 is 2.90 bits per heavy atom. The third-order valence-electron chi connectivity index (χ3n) is 1.74. The molecule has 1 N–H and O–H groups in total. The van der Waals surface area contributed by atoms with E-state index in [1.807, 2.05) is 0 Å². The first-order chi connectivity index (χ1) is 4.43. The maximum atomic E-state index is 6.99. The minimum Gasteiger partial charge on any atom is -0.677 e. The summed E-state index contributed by atoms with van der Waals surface area (Å²) in [6.45, 7) is 0.578. The van der Waals surface area contributed by atoms with Crippen LogP contribution in [0, 0.1) is 12.3 Å². The summed E-state index contributed by atoms with van der Waals surface area (Å²) in [6.07, 6.45) is 10.1. The molecule has 1 atom stereocenters. The van der Waals surface area contributed by atoms with E-state index < -0.39 is 0 Å². The van der Waals surface area contributed by atoms with Crippen molar-refractivity contribution in [2.45, 2.75) is 19.3 Å². The van der Waals surface area contributed by atoms with Gasteiger partial charge in [0.2, 0.25) is 0 Å². The second-order valence-electron chi connectivity index (χ2n) is 2.50. The second kappa shape index (κ2) is 6.39.